The van der Waals surface area contributed by atoms with Crippen LogP contribution in [0.3, 0.4) is 0 Å². The zero-order chi connectivity index (χ0) is 18.1. The minimum Gasteiger partial charge on any atom is -0.477 e. The van der Waals surface area contributed by atoms with Crippen LogP contribution in [0.15, 0.2) is 47.4 Å². The van der Waals surface area contributed by atoms with E-state index in [2.05, 4.69) is 0 Å². The second kappa shape index (κ2) is 7.86. The fourth-order valence-electron chi connectivity index (χ4n) is 2.74. The summed E-state index contributed by atoms with van der Waals surface area (Å²) in [5.74, 6) is -1.83. The van der Waals surface area contributed by atoms with E-state index in [0.29, 0.717) is 22.2 Å². The lowest BCUT2D eigenvalue weighted by atomic mass is 10.0. The molecule has 0 atom stereocenters. The fraction of sp³-hybridized carbons (Fsp3) is 0.111. The number of rotatable bonds is 4. The molecule has 3 aromatic rings. The molecule has 0 aliphatic carbocycles. The predicted octanol–water partition coefficient (Wildman–Crippen LogP) is 3.26. The molecule has 0 unspecified atom stereocenters. The smallest absolute Gasteiger partial charge is 0.341 e. The van der Waals surface area contributed by atoms with Gasteiger partial charge < -0.3 is 10.8 Å². The molecule has 26 heavy (non-hydrogen) atoms. The molecular weight excluding hydrogens is 382 g/mol. The van der Waals surface area contributed by atoms with Crippen LogP contribution in [0.5, 0.6) is 0 Å². The van der Waals surface area contributed by atoms with Gasteiger partial charge in [0.05, 0.1) is 10.5 Å². The minimum atomic E-state index is -1.32. The van der Waals surface area contributed by atoms with Gasteiger partial charge in [0.25, 0.3) is 5.56 Å². The molecule has 0 aliphatic rings. The van der Waals surface area contributed by atoms with Gasteiger partial charge in [-0.25, -0.2) is 9.18 Å². The summed E-state index contributed by atoms with van der Waals surface area (Å²) in [5.41, 5.74) is 6.73. The molecule has 0 spiro atoms. The van der Waals surface area contributed by atoms with E-state index >= 15 is 0 Å². The Bertz CT molecular complexity index is 1050. The van der Waals surface area contributed by atoms with E-state index in [1.54, 1.807) is 24.3 Å². The van der Waals surface area contributed by atoms with Gasteiger partial charge in [0.15, 0.2) is 0 Å². The first kappa shape index (κ1) is 19.9. The van der Waals surface area contributed by atoms with Crippen LogP contribution in [-0.2, 0) is 13.0 Å². The Hall–Kier alpha value is -2.41. The van der Waals surface area contributed by atoms with Crippen LogP contribution in [0.4, 0.5) is 4.39 Å². The van der Waals surface area contributed by atoms with Crippen molar-refractivity contribution in [2.75, 3.05) is 0 Å². The highest BCUT2D eigenvalue weighted by Crippen LogP contribution is 2.21. The third-order valence-corrected chi connectivity index (χ3v) is 4.27. The van der Waals surface area contributed by atoms with Crippen LogP contribution in [0.25, 0.3) is 5.52 Å². The van der Waals surface area contributed by atoms with Crippen LogP contribution >= 0.6 is 24.0 Å². The highest BCUT2D eigenvalue weighted by atomic mass is 35.5. The van der Waals surface area contributed by atoms with Crippen molar-refractivity contribution < 1.29 is 14.3 Å². The number of nitrogens with two attached hydrogens (primary N) is 1. The number of hydrogen-bond acceptors (Lipinski definition) is 3. The maximum atomic E-state index is 14.1. The largest absolute Gasteiger partial charge is 0.477 e. The summed E-state index contributed by atoms with van der Waals surface area (Å²) in [6.45, 7) is 0.0896. The van der Waals surface area contributed by atoms with Crippen LogP contribution < -0.4 is 11.3 Å². The predicted molar refractivity (Wildman–Crippen MR) is 100.0 cm³/mol. The van der Waals surface area contributed by atoms with E-state index in [1.807, 2.05) is 0 Å². The lowest BCUT2D eigenvalue weighted by molar-refractivity contribution is 0.0694. The standard InChI is InChI=1S/C18H14ClFN2O3.ClH/c19-14-3-1-2-11(16(14)20)6-10-4-5-15-12(8-21)7-13(18(24)25)17(23)22(15)9-10;/h1-5,7,9H,6,8,21H2,(H,24,25);1H. The summed E-state index contributed by atoms with van der Waals surface area (Å²) in [6, 6.07) is 9.41. The number of carbonyl (C=O) groups is 1. The molecule has 0 saturated heterocycles. The second-order valence-electron chi connectivity index (χ2n) is 5.58. The first-order valence-corrected chi connectivity index (χ1v) is 7.83. The molecule has 5 nitrogen and oxygen atoms in total. The Morgan fingerprint density at radius 2 is 1.96 bits per heavy atom. The molecule has 3 rings (SSSR count). The Morgan fingerprint density at radius 1 is 1.23 bits per heavy atom. The number of aromatic carboxylic acids is 1. The van der Waals surface area contributed by atoms with Crippen LogP contribution in [0.1, 0.15) is 27.0 Å². The van der Waals surface area contributed by atoms with Crippen LogP contribution in [0.2, 0.25) is 5.02 Å². The monoisotopic (exact) mass is 396 g/mol. The van der Waals surface area contributed by atoms with E-state index in [1.165, 1.54) is 22.7 Å². The average Bonchev–Trinajstić information content (AvgIpc) is 2.59. The molecule has 136 valence electrons. The second-order valence-corrected chi connectivity index (χ2v) is 5.99. The maximum absolute atomic E-state index is 14.1. The van der Waals surface area contributed by atoms with Gasteiger partial charge >= 0.3 is 5.97 Å². The molecule has 2 heterocycles. The zero-order valence-electron chi connectivity index (χ0n) is 13.4. The highest BCUT2D eigenvalue weighted by Gasteiger charge is 2.15. The maximum Gasteiger partial charge on any atom is 0.341 e. The summed E-state index contributed by atoms with van der Waals surface area (Å²) in [5, 5.41) is 9.22. The van der Waals surface area contributed by atoms with E-state index < -0.39 is 17.3 Å². The molecule has 1 aromatic carbocycles. The van der Waals surface area contributed by atoms with Crippen molar-refractivity contribution in [3.05, 3.63) is 86.0 Å². The number of pyridine rings is 2. The number of fused-ring (bicyclic) bond motifs is 1. The first-order valence-electron chi connectivity index (χ1n) is 7.45. The van der Waals surface area contributed by atoms with Gasteiger partial charge in [0.1, 0.15) is 11.4 Å². The average molecular weight is 397 g/mol. The quantitative estimate of drug-likeness (QED) is 0.708. The van der Waals surface area contributed by atoms with Crippen LogP contribution in [-0.4, -0.2) is 15.5 Å². The van der Waals surface area contributed by atoms with Gasteiger partial charge in [-0.2, -0.15) is 0 Å². The molecule has 0 bridgehead atoms. The molecular formula is C18H15Cl2FN2O3. The highest BCUT2D eigenvalue weighted by molar-refractivity contribution is 6.30. The Labute approximate surface area is 159 Å². The van der Waals surface area contributed by atoms with Gasteiger partial charge in [-0.15, -0.1) is 12.4 Å². The van der Waals surface area contributed by atoms with Crippen molar-refractivity contribution in [3.63, 3.8) is 0 Å². The van der Waals surface area contributed by atoms with Gasteiger partial charge in [-0.05, 0) is 34.9 Å². The third kappa shape index (κ3) is 3.58. The van der Waals surface area contributed by atoms with Gasteiger partial charge in [-0.3, -0.25) is 9.20 Å². The van der Waals surface area contributed by atoms with Crippen molar-refractivity contribution in [2.24, 2.45) is 5.73 Å². The fourth-order valence-corrected chi connectivity index (χ4v) is 2.93. The molecule has 0 amide bonds. The van der Waals surface area contributed by atoms with Crippen molar-refractivity contribution in [1.82, 2.24) is 4.40 Å². The Balaban J connectivity index is 0.00000243. The molecule has 2 aromatic heterocycles. The Morgan fingerprint density at radius 3 is 2.62 bits per heavy atom. The van der Waals surface area contributed by atoms with Crippen molar-refractivity contribution in [1.29, 1.82) is 0 Å². The summed E-state index contributed by atoms with van der Waals surface area (Å²) in [7, 11) is 0. The van der Waals surface area contributed by atoms with E-state index in [9.17, 15) is 19.1 Å². The number of hydrogen-bond donors (Lipinski definition) is 2. The van der Waals surface area contributed by atoms with Gasteiger partial charge in [0.2, 0.25) is 0 Å². The van der Waals surface area contributed by atoms with Crippen LogP contribution in [0, 0.1) is 5.82 Å². The zero-order valence-corrected chi connectivity index (χ0v) is 15.0. The number of halogens is 3. The topological polar surface area (TPSA) is 84.8 Å². The normalized spacial score (nSPS) is 10.6. The molecule has 3 N–H and O–H groups in total. The Kier molecular flexibility index (Phi) is 6.02. The molecule has 0 fully saturated rings. The SMILES string of the molecule is Cl.NCc1cc(C(=O)O)c(=O)n2cc(Cc3cccc(Cl)c3F)ccc12. The number of carboxylic acid groups (broad SMARTS) is 1. The third-order valence-electron chi connectivity index (χ3n) is 3.98. The van der Waals surface area contributed by atoms with Gasteiger partial charge in [-0.1, -0.05) is 29.8 Å². The molecule has 0 radical (unpaired) electrons. The number of benzene rings is 1. The summed E-state index contributed by atoms with van der Waals surface area (Å²) < 4.78 is 15.3. The minimum absolute atomic E-state index is 0. The molecule has 0 saturated carbocycles. The van der Waals surface area contributed by atoms with E-state index in [-0.39, 0.29) is 36.0 Å². The summed E-state index contributed by atoms with van der Waals surface area (Å²) in [4.78, 5) is 23.7. The first-order chi connectivity index (χ1) is 11.9. The van der Waals surface area contributed by atoms with Crippen molar-refractivity contribution in [2.45, 2.75) is 13.0 Å². The van der Waals surface area contributed by atoms with E-state index in [0.717, 1.165) is 0 Å². The summed E-state index contributed by atoms with van der Waals surface area (Å²) in [6.07, 6.45) is 1.72. The van der Waals surface area contributed by atoms with Crippen molar-refractivity contribution >= 4 is 35.5 Å². The number of aromatic nitrogens is 1. The number of carboxylic acids is 1. The lowest BCUT2D eigenvalue weighted by Crippen LogP contribution is -2.24. The van der Waals surface area contributed by atoms with Gasteiger partial charge in [0, 0.05) is 19.2 Å². The summed E-state index contributed by atoms with van der Waals surface area (Å²) >= 11 is 5.79. The molecule has 0 aliphatic heterocycles. The number of nitrogens with zero attached hydrogens (tertiary/aromatic N) is 1. The lowest BCUT2D eigenvalue weighted by Gasteiger charge is -2.11. The van der Waals surface area contributed by atoms with Crippen molar-refractivity contribution in [3.8, 4) is 0 Å². The van der Waals surface area contributed by atoms with E-state index in [4.69, 9.17) is 17.3 Å². The molecule has 8 heteroatoms.